The SMILES string of the molecule is Oc1cccc(CNCC2CCCC2O)c1O. The molecule has 0 spiro atoms. The maximum absolute atomic E-state index is 9.66. The fourth-order valence-electron chi connectivity index (χ4n) is 2.37. The zero-order valence-corrected chi connectivity index (χ0v) is 9.76. The molecular formula is C13H19NO3. The van der Waals surface area contributed by atoms with Gasteiger partial charge in [0.15, 0.2) is 11.5 Å². The van der Waals surface area contributed by atoms with Crippen molar-refractivity contribution in [3.63, 3.8) is 0 Å². The highest BCUT2D eigenvalue weighted by Gasteiger charge is 2.24. The molecule has 94 valence electrons. The van der Waals surface area contributed by atoms with Crippen molar-refractivity contribution < 1.29 is 15.3 Å². The van der Waals surface area contributed by atoms with Gasteiger partial charge in [0, 0.05) is 18.7 Å². The first-order valence-corrected chi connectivity index (χ1v) is 6.07. The van der Waals surface area contributed by atoms with Crippen molar-refractivity contribution in [3.8, 4) is 11.5 Å². The first kappa shape index (κ1) is 12.2. The zero-order chi connectivity index (χ0) is 12.3. The Hall–Kier alpha value is -1.26. The van der Waals surface area contributed by atoms with E-state index in [1.54, 1.807) is 12.1 Å². The van der Waals surface area contributed by atoms with Gasteiger partial charge in [-0.25, -0.2) is 0 Å². The maximum Gasteiger partial charge on any atom is 0.161 e. The van der Waals surface area contributed by atoms with E-state index < -0.39 is 0 Å². The molecule has 1 fully saturated rings. The molecule has 1 aliphatic carbocycles. The van der Waals surface area contributed by atoms with Crippen molar-refractivity contribution in [1.29, 1.82) is 0 Å². The molecular weight excluding hydrogens is 218 g/mol. The Balaban J connectivity index is 1.84. The summed E-state index contributed by atoms with van der Waals surface area (Å²) in [6.07, 6.45) is 2.84. The number of para-hydroxylation sites is 1. The predicted octanol–water partition coefficient (Wildman–Crippen LogP) is 1.35. The average Bonchev–Trinajstić information content (AvgIpc) is 2.71. The topological polar surface area (TPSA) is 72.7 Å². The average molecular weight is 237 g/mol. The minimum Gasteiger partial charge on any atom is -0.504 e. The van der Waals surface area contributed by atoms with Crippen LogP contribution in [0.1, 0.15) is 24.8 Å². The molecule has 17 heavy (non-hydrogen) atoms. The second-order valence-electron chi connectivity index (χ2n) is 4.67. The van der Waals surface area contributed by atoms with E-state index in [1.807, 2.05) is 0 Å². The molecule has 0 bridgehead atoms. The molecule has 4 heteroatoms. The van der Waals surface area contributed by atoms with Gasteiger partial charge in [-0.15, -0.1) is 0 Å². The summed E-state index contributed by atoms with van der Waals surface area (Å²) in [5, 5.41) is 31.8. The third-order valence-corrected chi connectivity index (χ3v) is 3.44. The Morgan fingerprint density at radius 1 is 1.24 bits per heavy atom. The minimum absolute atomic E-state index is 0.0630. The highest BCUT2D eigenvalue weighted by molar-refractivity contribution is 5.44. The molecule has 0 amide bonds. The number of benzene rings is 1. The normalized spacial score (nSPS) is 24.1. The van der Waals surface area contributed by atoms with Crippen LogP contribution in [-0.2, 0) is 6.54 Å². The van der Waals surface area contributed by atoms with E-state index >= 15 is 0 Å². The lowest BCUT2D eigenvalue weighted by atomic mass is 10.1. The summed E-state index contributed by atoms with van der Waals surface area (Å²) in [7, 11) is 0. The second-order valence-corrected chi connectivity index (χ2v) is 4.67. The number of phenols is 2. The molecule has 0 heterocycles. The lowest BCUT2D eigenvalue weighted by molar-refractivity contribution is 0.131. The number of aromatic hydroxyl groups is 2. The number of rotatable bonds is 4. The van der Waals surface area contributed by atoms with Crippen LogP contribution < -0.4 is 5.32 Å². The molecule has 0 aromatic heterocycles. The first-order chi connectivity index (χ1) is 8.18. The highest BCUT2D eigenvalue weighted by Crippen LogP contribution is 2.28. The number of hydrogen-bond donors (Lipinski definition) is 4. The van der Waals surface area contributed by atoms with Gasteiger partial charge in [-0.1, -0.05) is 18.6 Å². The molecule has 2 unspecified atom stereocenters. The third-order valence-electron chi connectivity index (χ3n) is 3.44. The van der Waals surface area contributed by atoms with Crippen LogP contribution in [0.5, 0.6) is 11.5 Å². The standard InChI is InChI=1S/C13H19NO3/c15-11-5-1-3-9(11)7-14-8-10-4-2-6-12(16)13(10)17/h2,4,6,9,11,14-17H,1,3,5,7-8H2. The lowest BCUT2D eigenvalue weighted by Gasteiger charge is -2.15. The van der Waals surface area contributed by atoms with E-state index in [1.165, 1.54) is 6.07 Å². The van der Waals surface area contributed by atoms with Crippen molar-refractivity contribution in [3.05, 3.63) is 23.8 Å². The van der Waals surface area contributed by atoms with E-state index in [0.29, 0.717) is 18.0 Å². The van der Waals surface area contributed by atoms with Crippen molar-refractivity contribution in [1.82, 2.24) is 5.32 Å². The van der Waals surface area contributed by atoms with Gasteiger partial charge in [-0.3, -0.25) is 0 Å². The molecule has 0 radical (unpaired) electrons. The Kier molecular flexibility index (Phi) is 3.86. The summed E-state index contributed by atoms with van der Waals surface area (Å²) in [6.45, 7) is 1.25. The van der Waals surface area contributed by atoms with Crippen LogP contribution >= 0.6 is 0 Å². The van der Waals surface area contributed by atoms with E-state index in [9.17, 15) is 15.3 Å². The number of aliphatic hydroxyl groups is 1. The fourth-order valence-corrected chi connectivity index (χ4v) is 2.37. The summed E-state index contributed by atoms with van der Waals surface area (Å²) in [4.78, 5) is 0. The van der Waals surface area contributed by atoms with Crippen LogP contribution in [0.25, 0.3) is 0 Å². The fraction of sp³-hybridized carbons (Fsp3) is 0.538. The van der Waals surface area contributed by atoms with Crippen LogP contribution in [0.3, 0.4) is 0 Å². The van der Waals surface area contributed by atoms with Gasteiger partial charge in [0.2, 0.25) is 0 Å². The molecule has 2 atom stereocenters. The molecule has 1 aromatic carbocycles. The zero-order valence-electron chi connectivity index (χ0n) is 9.76. The summed E-state index contributed by atoms with van der Waals surface area (Å²) in [5.41, 5.74) is 0.678. The smallest absolute Gasteiger partial charge is 0.161 e. The Morgan fingerprint density at radius 2 is 2.06 bits per heavy atom. The molecule has 0 saturated heterocycles. The van der Waals surface area contributed by atoms with Crippen LogP contribution in [0.2, 0.25) is 0 Å². The number of phenolic OH excluding ortho intramolecular Hbond substituents is 2. The third kappa shape index (κ3) is 2.90. The second kappa shape index (κ2) is 5.38. The summed E-state index contributed by atoms with van der Waals surface area (Å²) in [5.74, 6) is 0.159. The van der Waals surface area contributed by atoms with Crippen molar-refractivity contribution in [2.45, 2.75) is 31.9 Å². The Labute approximate surface area is 101 Å². The van der Waals surface area contributed by atoms with Gasteiger partial charge in [-0.05, 0) is 24.8 Å². The maximum atomic E-state index is 9.66. The van der Waals surface area contributed by atoms with Gasteiger partial charge in [0.1, 0.15) is 0 Å². The largest absolute Gasteiger partial charge is 0.504 e. The molecule has 4 N–H and O–H groups in total. The van der Waals surface area contributed by atoms with E-state index in [0.717, 1.165) is 25.8 Å². The Morgan fingerprint density at radius 3 is 2.76 bits per heavy atom. The highest BCUT2D eigenvalue weighted by atomic mass is 16.3. The quantitative estimate of drug-likeness (QED) is 0.596. The van der Waals surface area contributed by atoms with Gasteiger partial charge in [0.05, 0.1) is 6.10 Å². The van der Waals surface area contributed by atoms with Gasteiger partial charge in [-0.2, -0.15) is 0 Å². The number of nitrogens with one attached hydrogen (secondary N) is 1. The van der Waals surface area contributed by atoms with E-state index in [4.69, 9.17) is 0 Å². The van der Waals surface area contributed by atoms with Gasteiger partial charge in [0.25, 0.3) is 0 Å². The van der Waals surface area contributed by atoms with Crippen LogP contribution in [0, 0.1) is 5.92 Å². The van der Waals surface area contributed by atoms with Gasteiger partial charge < -0.3 is 20.6 Å². The molecule has 1 aliphatic rings. The van der Waals surface area contributed by atoms with E-state index in [2.05, 4.69) is 5.32 Å². The van der Waals surface area contributed by atoms with Crippen LogP contribution in [-0.4, -0.2) is 28.0 Å². The van der Waals surface area contributed by atoms with Crippen molar-refractivity contribution >= 4 is 0 Å². The van der Waals surface area contributed by atoms with Gasteiger partial charge >= 0.3 is 0 Å². The van der Waals surface area contributed by atoms with Crippen molar-refractivity contribution in [2.24, 2.45) is 5.92 Å². The van der Waals surface area contributed by atoms with Crippen molar-refractivity contribution in [2.75, 3.05) is 6.54 Å². The first-order valence-electron chi connectivity index (χ1n) is 6.07. The molecule has 0 aliphatic heterocycles. The molecule has 2 rings (SSSR count). The summed E-state index contributed by atoms with van der Waals surface area (Å²) >= 11 is 0. The van der Waals surface area contributed by atoms with E-state index in [-0.39, 0.29) is 17.6 Å². The molecule has 1 saturated carbocycles. The monoisotopic (exact) mass is 237 g/mol. The van der Waals surface area contributed by atoms with Crippen LogP contribution in [0.15, 0.2) is 18.2 Å². The lowest BCUT2D eigenvalue weighted by Crippen LogP contribution is -2.27. The molecule has 4 nitrogen and oxygen atoms in total. The summed E-state index contributed by atoms with van der Waals surface area (Å²) < 4.78 is 0. The minimum atomic E-state index is -0.194. The summed E-state index contributed by atoms with van der Waals surface area (Å²) in [6, 6.07) is 4.93. The number of aliphatic hydroxyl groups excluding tert-OH is 1. The van der Waals surface area contributed by atoms with Crippen LogP contribution in [0.4, 0.5) is 0 Å². The number of hydrogen-bond acceptors (Lipinski definition) is 4. The predicted molar refractivity (Wildman–Crippen MR) is 64.8 cm³/mol. The Bertz CT molecular complexity index is 381. The molecule has 1 aromatic rings.